The van der Waals surface area contributed by atoms with E-state index in [4.69, 9.17) is 24.9 Å². The van der Waals surface area contributed by atoms with Gasteiger partial charge in [0.05, 0.1) is 12.0 Å². The van der Waals surface area contributed by atoms with Gasteiger partial charge in [0, 0.05) is 30.4 Å². The van der Waals surface area contributed by atoms with Gasteiger partial charge in [-0.05, 0) is 19.1 Å². The number of amides is 1. The van der Waals surface area contributed by atoms with Crippen LogP contribution in [0.4, 0.5) is 5.69 Å². The van der Waals surface area contributed by atoms with Crippen molar-refractivity contribution in [3.63, 3.8) is 0 Å². The normalized spacial score (nSPS) is 18.9. The summed E-state index contributed by atoms with van der Waals surface area (Å²) in [4.78, 5) is 37.9. The molecule has 1 aromatic rings. The van der Waals surface area contributed by atoms with Crippen molar-refractivity contribution in [2.45, 2.75) is 13.3 Å². The highest BCUT2D eigenvalue weighted by atomic mass is 16.6. The number of benzene rings is 1. The Morgan fingerprint density at radius 2 is 2.07 bits per heavy atom. The Labute approximate surface area is 161 Å². The van der Waals surface area contributed by atoms with Crippen LogP contribution < -0.4 is 14.4 Å². The molecule has 0 aromatic heterocycles. The Kier molecular flexibility index (Phi) is 5.59. The molecule has 2 heterocycles. The van der Waals surface area contributed by atoms with Gasteiger partial charge in [0.1, 0.15) is 19.1 Å². The van der Waals surface area contributed by atoms with Crippen LogP contribution in [0.25, 0.3) is 0 Å². The Morgan fingerprint density at radius 1 is 1.36 bits per heavy atom. The Hall–Kier alpha value is -3.41. The van der Waals surface area contributed by atoms with Crippen LogP contribution in [-0.4, -0.2) is 49.7 Å². The molecule has 1 fully saturated rings. The molecule has 0 bridgehead atoms. The molecule has 2 aliphatic heterocycles. The van der Waals surface area contributed by atoms with Crippen LogP contribution in [0.3, 0.4) is 0 Å². The average molecular weight is 385 g/mol. The second kappa shape index (κ2) is 8.08. The first kappa shape index (κ1) is 19.4. The number of nitrogens with one attached hydrogen (secondary N) is 1. The summed E-state index contributed by atoms with van der Waals surface area (Å²) in [5.74, 6) is -2.38. The zero-order chi connectivity index (χ0) is 20.3. The molecule has 1 unspecified atom stereocenters. The van der Waals surface area contributed by atoms with Crippen LogP contribution in [0.15, 0.2) is 18.2 Å². The molecule has 1 amide bonds. The van der Waals surface area contributed by atoms with Gasteiger partial charge in [-0.3, -0.25) is 14.4 Å². The second-order valence-corrected chi connectivity index (χ2v) is 6.55. The minimum Gasteiger partial charge on any atom is -0.486 e. The van der Waals surface area contributed by atoms with Gasteiger partial charge in [-0.25, -0.2) is 0 Å². The van der Waals surface area contributed by atoms with Crippen molar-refractivity contribution in [1.82, 2.24) is 0 Å². The molecule has 1 saturated heterocycles. The quantitative estimate of drug-likeness (QED) is 0.573. The molecule has 146 valence electrons. The summed E-state index contributed by atoms with van der Waals surface area (Å²) in [6, 6.07) is 6.82. The van der Waals surface area contributed by atoms with Crippen molar-refractivity contribution in [1.29, 1.82) is 10.7 Å². The van der Waals surface area contributed by atoms with Crippen molar-refractivity contribution in [3.8, 4) is 17.6 Å². The Bertz CT molecular complexity index is 875. The van der Waals surface area contributed by atoms with Crippen LogP contribution in [0.2, 0.25) is 0 Å². The van der Waals surface area contributed by atoms with E-state index in [1.165, 1.54) is 11.8 Å². The summed E-state index contributed by atoms with van der Waals surface area (Å²) < 4.78 is 16.0. The number of hydrogen-bond donors (Lipinski definition) is 1. The number of esters is 1. The van der Waals surface area contributed by atoms with Crippen molar-refractivity contribution >= 4 is 29.1 Å². The summed E-state index contributed by atoms with van der Waals surface area (Å²) >= 11 is 0. The maximum atomic E-state index is 12.3. The number of ketones is 1. The van der Waals surface area contributed by atoms with E-state index in [9.17, 15) is 14.4 Å². The minimum absolute atomic E-state index is 0.0350. The highest BCUT2D eigenvalue weighted by Gasteiger charge is 2.37. The van der Waals surface area contributed by atoms with Crippen LogP contribution in [0.5, 0.6) is 11.5 Å². The molecule has 0 saturated carbocycles. The Balaban J connectivity index is 1.61. The maximum Gasteiger partial charge on any atom is 0.311 e. The number of carbonyl (C=O) groups is 3. The molecule has 0 spiro atoms. The lowest BCUT2D eigenvalue weighted by Gasteiger charge is -2.22. The lowest BCUT2D eigenvalue weighted by atomic mass is 10.0. The highest BCUT2D eigenvalue weighted by Crippen LogP contribution is 2.36. The summed E-state index contributed by atoms with van der Waals surface area (Å²) in [5, 5.41) is 16.3. The van der Waals surface area contributed by atoms with Gasteiger partial charge in [0.2, 0.25) is 5.91 Å². The monoisotopic (exact) mass is 385 g/mol. The number of hydrogen-bond acceptors (Lipinski definition) is 8. The third kappa shape index (κ3) is 3.96. The van der Waals surface area contributed by atoms with Crippen molar-refractivity contribution in [2.75, 3.05) is 31.3 Å². The predicted molar refractivity (Wildman–Crippen MR) is 96.4 cm³/mol. The smallest absolute Gasteiger partial charge is 0.311 e. The SMILES string of the molecule is CC(=N)C(C#N)C(=O)COC(=O)[C@@H]1CC(=O)N(c2ccc3c(c2)OCCO3)C1. The highest BCUT2D eigenvalue weighted by molar-refractivity contribution is 6.06. The standard InChI is InChI=1S/C19H19N3O6/c1-11(21)14(8-20)15(23)10-28-19(25)12-6-18(24)22(9-12)13-2-3-16-17(7-13)27-5-4-26-16/h2-3,7,12,14,21H,4-6,9-10H2,1H3/t12-,14?/m1/s1. The van der Waals surface area contributed by atoms with Crippen LogP contribution >= 0.6 is 0 Å². The molecular weight excluding hydrogens is 366 g/mol. The van der Waals surface area contributed by atoms with Gasteiger partial charge in [-0.15, -0.1) is 0 Å². The molecule has 3 rings (SSSR count). The van der Waals surface area contributed by atoms with Crippen molar-refractivity contribution in [2.24, 2.45) is 11.8 Å². The average Bonchev–Trinajstić information content (AvgIpc) is 3.07. The van der Waals surface area contributed by atoms with Crippen LogP contribution in [-0.2, 0) is 19.1 Å². The summed E-state index contributed by atoms with van der Waals surface area (Å²) in [6.07, 6.45) is -0.0350. The number of rotatable bonds is 6. The van der Waals surface area contributed by atoms with E-state index in [2.05, 4.69) is 0 Å². The first-order valence-corrected chi connectivity index (χ1v) is 8.74. The largest absolute Gasteiger partial charge is 0.486 e. The van der Waals surface area contributed by atoms with E-state index >= 15 is 0 Å². The molecule has 0 radical (unpaired) electrons. The lowest BCUT2D eigenvalue weighted by molar-refractivity contribution is -0.152. The molecule has 9 heteroatoms. The van der Waals surface area contributed by atoms with Crippen molar-refractivity contribution in [3.05, 3.63) is 18.2 Å². The van der Waals surface area contributed by atoms with Crippen LogP contribution in [0, 0.1) is 28.6 Å². The number of ether oxygens (including phenoxy) is 3. The van der Waals surface area contributed by atoms with Crippen molar-refractivity contribution < 1.29 is 28.6 Å². The van der Waals surface area contributed by atoms with E-state index in [1.807, 2.05) is 0 Å². The van der Waals surface area contributed by atoms with Gasteiger partial charge in [0.25, 0.3) is 0 Å². The number of fused-ring (bicyclic) bond motifs is 1. The molecular formula is C19H19N3O6. The van der Waals surface area contributed by atoms with E-state index in [0.29, 0.717) is 30.4 Å². The molecule has 1 aromatic carbocycles. The molecule has 9 nitrogen and oxygen atoms in total. The number of nitriles is 1. The molecule has 2 atom stereocenters. The van der Waals surface area contributed by atoms with Gasteiger partial charge in [-0.1, -0.05) is 0 Å². The van der Waals surface area contributed by atoms with Crippen LogP contribution in [0.1, 0.15) is 13.3 Å². The minimum atomic E-state index is -1.23. The molecule has 28 heavy (non-hydrogen) atoms. The first-order valence-electron chi connectivity index (χ1n) is 8.74. The topological polar surface area (TPSA) is 130 Å². The van der Waals surface area contributed by atoms with Gasteiger partial charge in [-0.2, -0.15) is 5.26 Å². The summed E-state index contributed by atoms with van der Waals surface area (Å²) in [6.45, 7) is 1.76. The molecule has 0 aliphatic carbocycles. The number of nitrogens with zero attached hydrogens (tertiary/aromatic N) is 2. The van der Waals surface area contributed by atoms with E-state index in [-0.39, 0.29) is 24.6 Å². The fraction of sp³-hybridized carbons (Fsp3) is 0.421. The summed E-state index contributed by atoms with van der Waals surface area (Å²) in [5.41, 5.74) is 0.481. The van der Waals surface area contributed by atoms with Gasteiger partial charge >= 0.3 is 5.97 Å². The second-order valence-electron chi connectivity index (χ2n) is 6.55. The zero-order valence-corrected chi connectivity index (χ0v) is 15.3. The third-order valence-electron chi connectivity index (χ3n) is 4.54. The molecule has 1 N–H and O–H groups in total. The van der Waals surface area contributed by atoms with E-state index in [0.717, 1.165) is 0 Å². The first-order chi connectivity index (χ1) is 13.4. The fourth-order valence-electron chi connectivity index (χ4n) is 3.07. The van der Waals surface area contributed by atoms with Gasteiger partial charge < -0.3 is 24.5 Å². The van der Waals surface area contributed by atoms with E-state index < -0.39 is 30.2 Å². The fourth-order valence-corrected chi connectivity index (χ4v) is 3.07. The number of Topliss-reactive ketones (excluding diaryl/α,β-unsaturated/α-hetero) is 1. The predicted octanol–water partition coefficient (Wildman–Crippen LogP) is 1.10. The lowest BCUT2D eigenvalue weighted by Crippen LogP contribution is -2.29. The van der Waals surface area contributed by atoms with E-state index in [1.54, 1.807) is 24.3 Å². The number of carbonyl (C=O) groups excluding carboxylic acids is 3. The molecule has 2 aliphatic rings. The Morgan fingerprint density at radius 3 is 2.75 bits per heavy atom. The number of anilines is 1. The maximum absolute atomic E-state index is 12.3. The summed E-state index contributed by atoms with van der Waals surface area (Å²) in [7, 11) is 0. The third-order valence-corrected chi connectivity index (χ3v) is 4.54. The van der Waals surface area contributed by atoms with Gasteiger partial charge in [0.15, 0.2) is 23.9 Å². The zero-order valence-electron chi connectivity index (χ0n) is 15.3.